The Labute approximate surface area is 188 Å². The van der Waals surface area contributed by atoms with Crippen molar-refractivity contribution in [2.75, 3.05) is 11.0 Å². The number of anilines is 1. The molecule has 0 aliphatic heterocycles. The summed E-state index contributed by atoms with van der Waals surface area (Å²) in [5.74, 6) is -2.54. The van der Waals surface area contributed by atoms with Gasteiger partial charge in [-0.15, -0.1) is 0 Å². The maximum atomic E-state index is 14.3. The van der Waals surface area contributed by atoms with Gasteiger partial charge in [0.2, 0.25) is 15.9 Å². The topological polar surface area (TPSA) is 101 Å². The summed E-state index contributed by atoms with van der Waals surface area (Å²) in [5, 5.41) is 4.64. The minimum Gasteiger partial charge on any atom is -0.444 e. The van der Waals surface area contributed by atoms with E-state index in [1.54, 1.807) is 4.72 Å². The fourth-order valence-corrected chi connectivity index (χ4v) is 3.88. The largest absolute Gasteiger partial charge is 0.444 e. The molecule has 1 aromatic heterocycles. The van der Waals surface area contributed by atoms with E-state index in [2.05, 4.69) is 10.3 Å². The van der Waals surface area contributed by atoms with E-state index in [0.717, 1.165) is 29.2 Å². The zero-order chi connectivity index (χ0) is 23.8. The average Bonchev–Trinajstić information content (AvgIpc) is 3.25. The van der Waals surface area contributed by atoms with Crippen LogP contribution in [0.25, 0.3) is 22.2 Å². The zero-order valence-corrected chi connectivity index (χ0v) is 18.4. The number of carbonyl (C=O) groups is 1. The first-order valence-electron chi connectivity index (χ1n) is 9.83. The number of nitrogens with one attached hydrogen (secondary N) is 2. The number of nitrogens with zero attached hydrogens (tertiary/aromatic N) is 1. The van der Waals surface area contributed by atoms with Gasteiger partial charge >= 0.3 is 0 Å². The molecule has 0 bridgehead atoms. The van der Waals surface area contributed by atoms with E-state index >= 15 is 0 Å². The number of rotatable bonds is 6. The van der Waals surface area contributed by atoms with Gasteiger partial charge < -0.3 is 9.73 Å². The standard InChI is InChI=1S/C23H19F2N3O4S/c1-13(17-10-18(24)21(19(25)11-17)28-33(2,30)31)26-22(29)20-12-32-23(27-20)16-8-7-14-5-3-4-6-15(14)9-16/h3-13,28H,1-2H3,(H,26,29)/t13-/m1/s1. The number of benzene rings is 3. The fourth-order valence-electron chi connectivity index (χ4n) is 3.31. The Kier molecular flexibility index (Phi) is 5.86. The van der Waals surface area contributed by atoms with Gasteiger partial charge in [0.05, 0.1) is 12.3 Å². The van der Waals surface area contributed by atoms with Crippen LogP contribution in [0.15, 0.2) is 65.3 Å². The molecule has 4 aromatic rings. The molecule has 0 aliphatic rings. The second-order valence-corrected chi connectivity index (χ2v) is 9.28. The molecule has 0 unspecified atom stereocenters. The summed E-state index contributed by atoms with van der Waals surface area (Å²) in [6, 6.07) is 14.5. The Bertz CT molecular complexity index is 1440. The normalized spacial score (nSPS) is 12.5. The Morgan fingerprint density at radius 2 is 1.70 bits per heavy atom. The second-order valence-electron chi connectivity index (χ2n) is 7.53. The first-order valence-corrected chi connectivity index (χ1v) is 11.7. The molecule has 33 heavy (non-hydrogen) atoms. The first-order chi connectivity index (χ1) is 15.6. The van der Waals surface area contributed by atoms with Crippen molar-refractivity contribution in [2.24, 2.45) is 0 Å². The highest BCUT2D eigenvalue weighted by atomic mass is 32.2. The molecule has 10 heteroatoms. The predicted molar refractivity (Wildman–Crippen MR) is 120 cm³/mol. The van der Waals surface area contributed by atoms with Crippen LogP contribution in [0.2, 0.25) is 0 Å². The highest BCUT2D eigenvalue weighted by Crippen LogP contribution is 2.26. The van der Waals surface area contributed by atoms with E-state index in [-0.39, 0.29) is 17.1 Å². The molecule has 0 saturated heterocycles. The van der Waals surface area contributed by atoms with E-state index in [1.807, 2.05) is 42.5 Å². The van der Waals surface area contributed by atoms with Crippen LogP contribution in [-0.2, 0) is 10.0 Å². The Hall–Kier alpha value is -3.79. The van der Waals surface area contributed by atoms with Crippen LogP contribution >= 0.6 is 0 Å². The van der Waals surface area contributed by atoms with Crippen molar-refractivity contribution < 1.29 is 26.4 Å². The molecule has 4 rings (SSSR count). The van der Waals surface area contributed by atoms with Gasteiger partial charge in [0.25, 0.3) is 5.91 Å². The van der Waals surface area contributed by atoms with Crippen LogP contribution < -0.4 is 10.0 Å². The molecule has 1 amide bonds. The molecule has 0 saturated carbocycles. The lowest BCUT2D eigenvalue weighted by Gasteiger charge is -2.15. The van der Waals surface area contributed by atoms with Gasteiger partial charge in [-0.25, -0.2) is 22.2 Å². The first kappa shape index (κ1) is 22.4. The van der Waals surface area contributed by atoms with Gasteiger partial charge in [-0.3, -0.25) is 9.52 Å². The number of halogens is 2. The minimum absolute atomic E-state index is 0.00122. The number of hydrogen-bond donors (Lipinski definition) is 2. The molecule has 2 N–H and O–H groups in total. The maximum absolute atomic E-state index is 14.3. The van der Waals surface area contributed by atoms with Gasteiger partial charge in [-0.1, -0.05) is 30.3 Å². The van der Waals surface area contributed by atoms with Crippen molar-refractivity contribution >= 4 is 32.4 Å². The smallest absolute Gasteiger partial charge is 0.273 e. The van der Waals surface area contributed by atoms with Crippen molar-refractivity contribution in [3.63, 3.8) is 0 Å². The van der Waals surface area contributed by atoms with Crippen LogP contribution in [0.3, 0.4) is 0 Å². The van der Waals surface area contributed by atoms with Crippen molar-refractivity contribution in [1.29, 1.82) is 0 Å². The quantitative estimate of drug-likeness (QED) is 0.427. The lowest BCUT2D eigenvalue weighted by molar-refractivity contribution is 0.0934. The van der Waals surface area contributed by atoms with Gasteiger partial charge in [0.1, 0.15) is 12.0 Å². The molecule has 170 valence electrons. The monoisotopic (exact) mass is 471 g/mol. The maximum Gasteiger partial charge on any atom is 0.273 e. The SMILES string of the molecule is C[C@@H](NC(=O)c1coc(-c2ccc3ccccc3c2)n1)c1cc(F)c(NS(C)(=O)=O)c(F)c1. The van der Waals surface area contributed by atoms with E-state index in [1.165, 1.54) is 13.2 Å². The summed E-state index contributed by atoms with van der Waals surface area (Å²) in [7, 11) is -3.86. The Balaban J connectivity index is 1.51. The summed E-state index contributed by atoms with van der Waals surface area (Å²) in [6.07, 6.45) is 1.99. The number of fused-ring (bicyclic) bond motifs is 1. The fraction of sp³-hybridized carbons (Fsp3) is 0.130. The molecule has 0 radical (unpaired) electrons. The van der Waals surface area contributed by atoms with Crippen molar-refractivity contribution in [2.45, 2.75) is 13.0 Å². The third-order valence-electron chi connectivity index (χ3n) is 4.93. The molecule has 1 heterocycles. The van der Waals surface area contributed by atoms with Gasteiger partial charge in [-0.05, 0) is 47.5 Å². The molecule has 1 atom stereocenters. The highest BCUT2D eigenvalue weighted by molar-refractivity contribution is 7.92. The molecule has 0 spiro atoms. The van der Waals surface area contributed by atoms with Gasteiger partial charge in [-0.2, -0.15) is 0 Å². The molecule has 3 aromatic carbocycles. The van der Waals surface area contributed by atoms with Crippen LogP contribution in [0.1, 0.15) is 29.0 Å². The number of oxazole rings is 1. The lowest BCUT2D eigenvalue weighted by Crippen LogP contribution is -2.27. The predicted octanol–water partition coefficient (Wildman–Crippen LogP) is 4.64. The molecule has 7 nitrogen and oxygen atoms in total. The summed E-state index contributed by atoms with van der Waals surface area (Å²) < 4.78 is 58.3. The molecule has 0 aliphatic carbocycles. The lowest BCUT2D eigenvalue weighted by atomic mass is 10.1. The van der Waals surface area contributed by atoms with Crippen molar-refractivity contribution in [1.82, 2.24) is 10.3 Å². The number of carbonyl (C=O) groups excluding carboxylic acids is 1. The van der Waals surface area contributed by atoms with Crippen LogP contribution in [0.4, 0.5) is 14.5 Å². The second kappa shape index (κ2) is 8.62. The van der Waals surface area contributed by atoms with E-state index < -0.39 is 39.3 Å². The van der Waals surface area contributed by atoms with Crippen molar-refractivity contribution in [3.8, 4) is 11.5 Å². The van der Waals surface area contributed by atoms with E-state index in [9.17, 15) is 22.0 Å². The summed E-state index contributed by atoms with van der Waals surface area (Å²) in [4.78, 5) is 16.8. The number of hydrogen-bond acceptors (Lipinski definition) is 5. The van der Waals surface area contributed by atoms with Crippen LogP contribution in [-0.4, -0.2) is 25.6 Å². The van der Waals surface area contributed by atoms with Crippen LogP contribution in [0.5, 0.6) is 0 Å². The summed E-state index contributed by atoms with van der Waals surface area (Å²) in [5.41, 5.74) is 0.0205. The Morgan fingerprint density at radius 3 is 2.36 bits per heavy atom. The third kappa shape index (κ3) is 5.01. The highest BCUT2D eigenvalue weighted by Gasteiger charge is 2.20. The van der Waals surface area contributed by atoms with E-state index in [4.69, 9.17) is 4.42 Å². The summed E-state index contributed by atoms with van der Waals surface area (Å²) >= 11 is 0. The minimum atomic E-state index is -3.86. The van der Waals surface area contributed by atoms with Gasteiger partial charge in [0, 0.05) is 5.56 Å². The molecule has 0 fully saturated rings. The number of sulfonamides is 1. The zero-order valence-electron chi connectivity index (χ0n) is 17.6. The summed E-state index contributed by atoms with van der Waals surface area (Å²) in [6.45, 7) is 1.53. The average molecular weight is 471 g/mol. The Morgan fingerprint density at radius 1 is 1.03 bits per heavy atom. The molecular formula is C23H19F2N3O4S. The third-order valence-corrected chi connectivity index (χ3v) is 5.51. The van der Waals surface area contributed by atoms with E-state index in [0.29, 0.717) is 5.56 Å². The molecular weight excluding hydrogens is 452 g/mol. The van der Waals surface area contributed by atoms with Crippen LogP contribution in [0, 0.1) is 11.6 Å². The number of amides is 1. The van der Waals surface area contributed by atoms with Gasteiger partial charge in [0.15, 0.2) is 17.3 Å². The number of aromatic nitrogens is 1. The van der Waals surface area contributed by atoms with Crippen molar-refractivity contribution in [3.05, 3.63) is 83.8 Å².